The molecule has 3 rings (SSSR count). The van der Waals surface area contributed by atoms with E-state index in [1.807, 2.05) is 45.2 Å². The standard InChI is InChI=1S/C31H30I4N6O12/c1-11-17(28(47)37-8-9-52-31(51)53-41-15(44)6-7-16(41)45)22(33)20(30(49)50)23(34)25(11)39-14(43)10-38-29(48)18-12(2)26(40(5)13(3)42)24(35)19(21(18)32)27(46)36-4/h6-10H2,1-5H3,(H,36,46)(H,37,47)(H,38,48)(H,39,43)(H,49,50). The number of anilines is 2. The monoisotopic (exact) mass is 1190 g/mol. The topological polar surface area (TPSA) is 247 Å². The van der Waals surface area contributed by atoms with Crippen LogP contribution >= 0.6 is 90.4 Å². The van der Waals surface area contributed by atoms with Gasteiger partial charge in [0.15, 0.2) is 0 Å². The van der Waals surface area contributed by atoms with Gasteiger partial charge in [0.25, 0.3) is 29.5 Å². The van der Waals surface area contributed by atoms with E-state index in [2.05, 4.69) is 26.1 Å². The van der Waals surface area contributed by atoms with Crippen molar-refractivity contribution in [1.29, 1.82) is 0 Å². The van der Waals surface area contributed by atoms with Gasteiger partial charge in [-0.3, -0.25) is 38.4 Å². The summed E-state index contributed by atoms with van der Waals surface area (Å²) in [7, 11) is 2.92. The lowest BCUT2D eigenvalue weighted by Crippen LogP contribution is -2.36. The predicted octanol–water partition coefficient (Wildman–Crippen LogP) is 3.08. The number of hydrogen-bond acceptors (Lipinski definition) is 11. The summed E-state index contributed by atoms with van der Waals surface area (Å²) in [4.78, 5) is 119. The zero-order valence-electron chi connectivity index (χ0n) is 28.4. The third-order valence-corrected chi connectivity index (χ3v) is 11.9. The molecule has 0 unspecified atom stereocenters. The summed E-state index contributed by atoms with van der Waals surface area (Å²) in [5, 5.41) is 20.4. The summed E-state index contributed by atoms with van der Waals surface area (Å²) in [6.45, 7) is 3.08. The molecule has 2 aromatic rings. The molecule has 18 nitrogen and oxygen atoms in total. The highest BCUT2D eigenvalue weighted by Crippen LogP contribution is 2.37. The van der Waals surface area contributed by atoms with Gasteiger partial charge < -0.3 is 36.0 Å². The molecule has 7 amide bonds. The van der Waals surface area contributed by atoms with Gasteiger partial charge in [0.2, 0.25) is 11.8 Å². The molecular formula is C31H30I4N6O12. The van der Waals surface area contributed by atoms with Gasteiger partial charge in [0, 0.05) is 41.0 Å². The van der Waals surface area contributed by atoms with Crippen molar-refractivity contribution in [2.45, 2.75) is 33.6 Å². The summed E-state index contributed by atoms with van der Waals surface area (Å²) in [5.41, 5.74) is 0.718. The number of hydrogen-bond donors (Lipinski definition) is 5. The number of carbonyl (C=O) groups excluding carboxylic acids is 8. The smallest absolute Gasteiger partial charge is 0.478 e. The number of carboxylic acids is 1. The highest BCUT2D eigenvalue weighted by Gasteiger charge is 2.34. The normalized spacial score (nSPS) is 12.2. The van der Waals surface area contributed by atoms with Crippen LogP contribution in [0.15, 0.2) is 0 Å². The number of benzene rings is 2. The maximum Gasteiger partial charge on any atom is 0.534 e. The van der Waals surface area contributed by atoms with Crippen LogP contribution < -0.4 is 26.2 Å². The second kappa shape index (κ2) is 18.8. The van der Waals surface area contributed by atoms with Gasteiger partial charge in [-0.2, -0.15) is 0 Å². The molecule has 5 N–H and O–H groups in total. The van der Waals surface area contributed by atoms with E-state index >= 15 is 0 Å². The Bertz CT molecular complexity index is 1960. The number of imide groups is 1. The zero-order chi connectivity index (χ0) is 40.1. The number of rotatable bonds is 12. The Balaban J connectivity index is 1.82. The van der Waals surface area contributed by atoms with Crippen molar-refractivity contribution >= 4 is 155 Å². The van der Waals surface area contributed by atoms with E-state index in [9.17, 15) is 48.3 Å². The molecule has 1 saturated heterocycles. The number of carboxylic acid groups (broad SMARTS) is 1. The van der Waals surface area contributed by atoms with Crippen molar-refractivity contribution < 1.29 is 57.8 Å². The molecule has 0 aliphatic carbocycles. The van der Waals surface area contributed by atoms with Crippen LogP contribution in [0.5, 0.6) is 0 Å². The van der Waals surface area contributed by atoms with E-state index < -0.39 is 60.7 Å². The van der Waals surface area contributed by atoms with Gasteiger partial charge in [0.1, 0.15) is 6.61 Å². The molecule has 1 aliphatic heterocycles. The molecule has 1 fully saturated rings. The lowest BCUT2D eigenvalue weighted by atomic mass is 10.00. The fourth-order valence-corrected chi connectivity index (χ4v) is 10.6. The second-order valence-electron chi connectivity index (χ2n) is 11.0. The molecule has 53 heavy (non-hydrogen) atoms. The molecule has 1 aliphatic rings. The first-order chi connectivity index (χ1) is 24.8. The number of hydroxylamine groups is 2. The quantitative estimate of drug-likeness (QED) is 0.0892. The third-order valence-electron chi connectivity index (χ3n) is 7.61. The Morgan fingerprint density at radius 1 is 0.792 bits per heavy atom. The number of carbonyl (C=O) groups is 9. The minimum atomic E-state index is -1.39. The number of nitrogens with one attached hydrogen (secondary N) is 4. The first-order valence-electron chi connectivity index (χ1n) is 15.1. The lowest BCUT2D eigenvalue weighted by molar-refractivity contribution is -0.177. The van der Waals surface area contributed by atoms with E-state index in [0.29, 0.717) is 19.9 Å². The number of aromatic carboxylic acids is 1. The highest BCUT2D eigenvalue weighted by atomic mass is 127. The van der Waals surface area contributed by atoms with Crippen LogP contribution in [0.2, 0.25) is 0 Å². The van der Waals surface area contributed by atoms with Gasteiger partial charge in [-0.05, 0) is 115 Å². The van der Waals surface area contributed by atoms with Crippen molar-refractivity contribution in [2.75, 3.05) is 44.0 Å². The van der Waals surface area contributed by atoms with E-state index in [0.717, 1.165) is 0 Å². The number of amides is 7. The fraction of sp³-hybridized carbons (Fsp3) is 0.323. The molecule has 0 bridgehead atoms. The van der Waals surface area contributed by atoms with Crippen LogP contribution in [0.25, 0.3) is 0 Å². The van der Waals surface area contributed by atoms with Gasteiger partial charge in [0.05, 0.1) is 53.9 Å². The summed E-state index contributed by atoms with van der Waals surface area (Å²) < 4.78 is 5.68. The fourth-order valence-electron chi connectivity index (χ4n) is 4.92. The van der Waals surface area contributed by atoms with E-state index in [1.165, 1.54) is 32.8 Å². The van der Waals surface area contributed by atoms with Crippen molar-refractivity contribution in [1.82, 2.24) is 21.0 Å². The number of ether oxygens (including phenoxy) is 1. The highest BCUT2D eigenvalue weighted by molar-refractivity contribution is 14.1. The first-order valence-corrected chi connectivity index (χ1v) is 19.4. The van der Waals surface area contributed by atoms with Gasteiger partial charge in [-0.15, -0.1) is 0 Å². The largest absolute Gasteiger partial charge is 0.534 e. The Hall–Kier alpha value is -3.41. The van der Waals surface area contributed by atoms with Crippen LogP contribution in [-0.2, 0) is 28.8 Å². The predicted molar refractivity (Wildman–Crippen MR) is 219 cm³/mol. The maximum absolute atomic E-state index is 13.6. The molecule has 0 aromatic heterocycles. The van der Waals surface area contributed by atoms with Crippen molar-refractivity contribution in [3.63, 3.8) is 0 Å². The minimum absolute atomic E-state index is 0.0140. The van der Waals surface area contributed by atoms with Crippen LogP contribution in [0.3, 0.4) is 0 Å². The molecule has 22 heteroatoms. The number of halogens is 4. The third kappa shape index (κ3) is 9.83. The zero-order valence-corrected chi connectivity index (χ0v) is 37.0. The Morgan fingerprint density at radius 2 is 1.34 bits per heavy atom. The molecule has 0 spiro atoms. The van der Waals surface area contributed by atoms with E-state index in [-0.39, 0.29) is 69.5 Å². The van der Waals surface area contributed by atoms with Crippen LogP contribution in [-0.4, -0.2) is 97.4 Å². The number of nitrogens with zero attached hydrogens (tertiary/aromatic N) is 2. The van der Waals surface area contributed by atoms with E-state index in [4.69, 9.17) is 4.74 Å². The Labute approximate surface area is 356 Å². The molecule has 0 radical (unpaired) electrons. The molecule has 1 heterocycles. The maximum atomic E-state index is 13.6. The summed E-state index contributed by atoms with van der Waals surface area (Å²) in [6.07, 6.45) is -1.57. The second-order valence-corrected chi connectivity index (χ2v) is 15.3. The lowest BCUT2D eigenvalue weighted by Gasteiger charge is -2.25. The summed E-state index contributed by atoms with van der Waals surface area (Å²) in [6, 6.07) is 0. The Morgan fingerprint density at radius 3 is 1.89 bits per heavy atom. The molecule has 0 atom stereocenters. The van der Waals surface area contributed by atoms with Crippen LogP contribution in [0.4, 0.5) is 16.2 Å². The molecule has 284 valence electrons. The minimum Gasteiger partial charge on any atom is -0.478 e. The SMILES string of the molecule is CNC(=O)c1c(I)c(C(=O)NCC(=O)Nc2c(C)c(C(=O)NCCOC(=O)ON3C(=O)CCC3=O)c(I)c(C(=O)O)c2I)c(C)c(N(C)C(C)=O)c1I. The molecular weight excluding hydrogens is 1160 g/mol. The van der Waals surface area contributed by atoms with Crippen molar-refractivity contribution in [3.8, 4) is 0 Å². The van der Waals surface area contributed by atoms with Crippen LogP contribution in [0, 0.1) is 28.1 Å². The van der Waals surface area contributed by atoms with Crippen LogP contribution in [0.1, 0.15) is 72.3 Å². The van der Waals surface area contributed by atoms with E-state index in [1.54, 1.807) is 52.1 Å². The van der Waals surface area contributed by atoms with Crippen molar-refractivity contribution in [2.24, 2.45) is 0 Å². The van der Waals surface area contributed by atoms with Gasteiger partial charge in [-0.1, -0.05) is 5.06 Å². The molecule has 0 saturated carbocycles. The average molecular weight is 1190 g/mol. The van der Waals surface area contributed by atoms with Crippen molar-refractivity contribution in [3.05, 3.63) is 47.7 Å². The van der Waals surface area contributed by atoms with Gasteiger partial charge in [-0.25, -0.2) is 9.59 Å². The first kappa shape index (κ1) is 44.0. The summed E-state index contributed by atoms with van der Waals surface area (Å²) >= 11 is 7.20. The molecule has 2 aromatic carbocycles. The Kier molecular flexibility index (Phi) is 15.6. The van der Waals surface area contributed by atoms with Gasteiger partial charge >= 0.3 is 12.1 Å². The summed E-state index contributed by atoms with van der Waals surface area (Å²) in [5.74, 6) is -5.94. The average Bonchev–Trinajstić information content (AvgIpc) is 3.39.